The van der Waals surface area contributed by atoms with E-state index < -0.39 is 5.54 Å². The molecule has 1 aliphatic heterocycles. The molecule has 2 fully saturated rings. The minimum Gasteiger partial charge on any atom is -0.341 e. The summed E-state index contributed by atoms with van der Waals surface area (Å²) in [6.45, 7) is 1.65. The van der Waals surface area contributed by atoms with Crippen LogP contribution >= 0.6 is 24.8 Å². The molecule has 22 heavy (non-hydrogen) atoms. The number of carbonyl (C=O) groups is 1. The van der Waals surface area contributed by atoms with E-state index in [0.717, 1.165) is 51.6 Å². The molecule has 0 atom stereocenters. The topological polar surface area (TPSA) is 64.2 Å². The summed E-state index contributed by atoms with van der Waals surface area (Å²) in [7, 11) is 1.99. The molecule has 0 unspecified atom stereocenters. The summed E-state index contributed by atoms with van der Waals surface area (Å²) in [4.78, 5) is 14.5. The number of nitrogens with two attached hydrogens (primary N) is 1. The molecular formula is C15H26Cl2N4O. The van der Waals surface area contributed by atoms with Crippen LogP contribution in [0.2, 0.25) is 0 Å². The van der Waals surface area contributed by atoms with Gasteiger partial charge in [-0.05, 0) is 31.7 Å². The highest BCUT2D eigenvalue weighted by Gasteiger charge is 2.40. The number of hydrogen-bond acceptors (Lipinski definition) is 3. The molecule has 1 aliphatic carbocycles. The number of aromatic nitrogens is 2. The molecule has 2 aliphatic rings. The van der Waals surface area contributed by atoms with Crippen LogP contribution in [0.5, 0.6) is 0 Å². The first-order valence-corrected chi connectivity index (χ1v) is 7.66. The Labute approximate surface area is 144 Å². The maximum atomic E-state index is 12.6. The molecule has 0 radical (unpaired) electrons. The van der Waals surface area contributed by atoms with Gasteiger partial charge in [-0.2, -0.15) is 5.10 Å². The monoisotopic (exact) mass is 348 g/mol. The molecule has 1 aromatic rings. The van der Waals surface area contributed by atoms with Crippen LogP contribution in [-0.4, -0.2) is 39.2 Å². The van der Waals surface area contributed by atoms with E-state index in [1.54, 1.807) is 0 Å². The van der Waals surface area contributed by atoms with Crippen molar-refractivity contribution in [3.63, 3.8) is 0 Å². The third kappa shape index (κ3) is 3.58. The molecule has 1 amide bonds. The molecule has 0 bridgehead atoms. The number of hydrogen-bond donors (Lipinski definition) is 1. The molecule has 1 saturated heterocycles. The summed E-state index contributed by atoms with van der Waals surface area (Å²) in [5.74, 6) is 0.697. The van der Waals surface area contributed by atoms with Crippen LogP contribution in [0.4, 0.5) is 0 Å². The average molecular weight is 349 g/mol. The van der Waals surface area contributed by atoms with Crippen molar-refractivity contribution in [3.05, 3.63) is 18.0 Å². The second-order valence-corrected chi connectivity index (χ2v) is 6.31. The van der Waals surface area contributed by atoms with E-state index in [1.807, 2.05) is 22.8 Å². The number of halogens is 2. The maximum absolute atomic E-state index is 12.6. The minimum absolute atomic E-state index is 0. The Morgan fingerprint density at radius 3 is 2.36 bits per heavy atom. The van der Waals surface area contributed by atoms with Crippen LogP contribution < -0.4 is 5.73 Å². The highest BCUT2D eigenvalue weighted by Crippen LogP contribution is 2.32. The lowest BCUT2D eigenvalue weighted by Crippen LogP contribution is -2.55. The maximum Gasteiger partial charge on any atom is 0.242 e. The fraction of sp³-hybridized carbons (Fsp3) is 0.733. The Morgan fingerprint density at radius 2 is 1.86 bits per heavy atom. The summed E-state index contributed by atoms with van der Waals surface area (Å²) in [5.41, 5.74) is 6.99. The first kappa shape index (κ1) is 19.3. The van der Waals surface area contributed by atoms with Gasteiger partial charge in [0.1, 0.15) is 0 Å². The van der Waals surface area contributed by atoms with Crippen molar-refractivity contribution < 1.29 is 4.79 Å². The van der Waals surface area contributed by atoms with E-state index in [0.29, 0.717) is 5.92 Å². The van der Waals surface area contributed by atoms with Gasteiger partial charge in [-0.3, -0.25) is 9.48 Å². The van der Waals surface area contributed by atoms with Crippen molar-refractivity contribution in [1.82, 2.24) is 14.7 Å². The lowest BCUT2D eigenvalue weighted by molar-refractivity contribution is -0.137. The van der Waals surface area contributed by atoms with E-state index in [9.17, 15) is 4.79 Å². The van der Waals surface area contributed by atoms with E-state index in [2.05, 4.69) is 11.2 Å². The molecule has 0 spiro atoms. The van der Waals surface area contributed by atoms with Crippen molar-refractivity contribution in [3.8, 4) is 0 Å². The Hall–Kier alpha value is -0.780. The fourth-order valence-corrected chi connectivity index (χ4v) is 3.70. The zero-order valence-electron chi connectivity index (χ0n) is 13.0. The van der Waals surface area contributed by atoms with Gasteiger partial charge >= 0.3 is 0 Å². The quantitative estimate of drug-likeness (QED) is 0.891. The normalized spacial score (nSPS) is 21.1. The van der Waals surface area contributed by atoms with E-state index in [-0.39, 0.29) is 30.7 Å². The van der Waals surface area contributed by atoms with E-state index in [4.69, 9.17) is 5.73 Å². The van der Waals surface area contributed by atoms with Crippen LogP contribution in [-0.2, 0) is 11.8 Å². The molecule has 7 heteroatoms. The first-order valence-electron chi connectivity index (χ1n) is 7.66. The number of nitrogens with zero attached hydrogens (tertiary/aromatic N) is 3. The van der Waals surface area contributed by atoms with Crippen LogP contribution in [0, 0.1) is 0 Å². The summed E-state index contributed by atoms with van der Waals surface area (Å²) in [6, 6.07) is 2.09. The Bertz CT molecular complexity index is 491. The SMILES string of the molecule is Cl.Cl.Cn1nccc1C1CCN(C(=O)C2(N)CCCC2)CC1. The summed E-state index contributed by atoms with van der Waals surface area (Å²) < 4.78 is 1.95. The highest BCUT2D eigenvalue weighted by atomic mass is 35.5. The highest BCUT2D eigenvalue weighted by molar-refractivity contribution is 5.86. The predicted octanol–water partition coefficient (Wildman–Crippen LogP) is 2.24. The molecule has 1 saturated carbocycles. The third-order valence-electron chi connectivity index (χ3n) is 4.98. The molecule has 0 aromatic carbocycles. The molecule has 3 rings (SSSR count). The second kappa shape index (κ2) is 7.66. The van der Waals surface area contributed by atoms with Crippen LogP contribution in [0.3, 0.4) is 0 Å². The van der Waals surface area contributed by atoms with Gasteiger partial charge in [0.25, 0.3) is 0 Å². The zero-order valence-corrected chi connectivity index (χ0v) is 14.7. The van der Waals surface area contributed by atoms with Crippen LogP contribution in [0.25, 0.3) is 0 Å². The molecule has 2 heterocycles. The predicted molar refractivity (Wildman–Crippen MR) is 91.6 cm³/mol. The molecule has 126 valence electrons. The van der Waals surface area contributed by atoms with Gasteiger partial charge in [-0.15, -0.1) is 24.8 Å². The number of carbonyl (C=O) groups excluding carboxylic acids is 1. The van der Waals surface area contributed by atoms with Crippen molar-refractivity contribution in [2.24, 2.45) is 12.8 Å². The lowest BCUT2D eigenvalue weighted by atomic mass is 9.90. The van der Waals surface area contributed by atoms with Gasteiger partial charge in [0.05, 0.1) is 5.54 Å². The van der Waals surface area contributed by atoms with Crippen LogP contribution in [0.1, 0.15) is 50.1 Å². The van der Waals surface area contributed by atoms with Crippen molar-refractivity contribution in [1.29, 1.82) is 0 Å². The fourth-order valence-electron chi connectivity index (χ4n) is 3.70. The Balaban J connectivity index is 0.00000121. The Kier molecular flexibility index (Phi) is 6.71. The van der Waals surface area contributed by atoms with Crippen LogP contribution in [0.15, 0.2) is 12.3 Å². The standard InChI is InChI=1S/C15H24N4O.2ClH/c1-18-13(4-9-17-18)12-5-10-19(11-6-12)14(20)15(16)7-2-3-8-15;;/h4,9,12H,2-3,5-8,10-11,16H2,1H3;2*1H. The summed E-state index contributed by atoms with van der Waals surface area (Å²) in [6.07, 6.45) is 7.77. The number of rotatable bonds is 2. The zero-order chi connectivity index (χ0) is 14.2. The second-order valence-electron chi connectivity index (χ2n) is 6.31. The average Bonchev–Trinajstić information content (AvgIpc) is 3.08. The number of piperidine rings is 1. The smallest absolute Gasteiger partial charge is 0.242 e. The third-order valence-corrected chi connectivity index (χ3v) is 4.98. The van der Waals surface area contributed by atoms with Gasteiger partial charge in [0.15, 0.2) is 0 Å². The lowest BCUT2D eigenvalue weighted by Gasteiger charge is -2.36. The Morgan fingerprint density at radius 1 is 1.27 bits per heavy atom. The van der Waals surface area contributed by atoms with E-state index >= 15 is 0 Å². The van der Waals surface area contributed by atoms with E-state index in [1.165, 1.54) is 5.69 Å². The van der Waals surface area contributed by atoms with Crippen molar-refractivity contribution in [2.75, 3.05) is 13.1 Å². The number of amides is 1. The molecule has 1 aromatic heterocycles. The first-order chi connectivity index (χ1) is 9.60. The van der Waals surface area contributed by atoms with Gasteiger partial charge in [-0.25, -0.2) is 0 Å². The minimum atomic E-state index is -0.570. The van der Waals surface area contributed by atoms with Gasteiger partial charge in [-0.1, -0.05) is 12.8 Å². The molecule has 2 N–H and O–H groups in total. The number of likely N-dealkylation sites (tertiary alicyclic amines) is 1. The molecular weight excluding hydrogens is 323 g/mol. The summed E-state index contributed by atoms with van der Waals surface area (Å²) in [5, 5.41) is 4.24. The van der Waals surface area contributed by atoms with Gasteiger partial charge < -0.3 is 10.6 Å². The summed E-state index contributed by atoms with van der Waals surface area (Å²) >= 11 is 0. The van der Waals surface area contributed by atoms with Gasteiger partial charge in [0.2, 0.25) is 5.91 Å². The largest absolute Gasteiger partial charge is 0.341 e. The van der Waals surface area contributed by atoms with Crippen molar-refractivity contribution in [2.45, 2.75) is 50.0 Å². The van der Waals surface area contributed by atoms with Gasteiger partial charge in [0, 0.05) is 37.9 Å². The number of aryl methyl sites for hydroxylation is 1. The van der Waals surface area contributed by atoms with Crippen molar-refractivity contribution >= 4 is 30.7 Å². The molecule has 5 nitrogen and oxygen atoms in total.